The van der Waals surface area contributed by atoms with Crippen molar-refractivity contribution in [2.24, 2.45) is 0 Å². The Morgan fingerprint density at radius 2 is 1.64 bits per heavy atom. The van der Waals surface area contributed by atoms with E-state index in [1.54, 1.807) is 12.3 Å². The fraction of sp³-hybridized carbons (Fsp3) is 0.438. The molecule has 1 fully saturated rings. The van der Waals surface area contributed by atoms with Crippen molar-refractivity contribution in [3.63, 3.8) is 0 Å². The number of hydrogen-bond acceptors (Lipinski definition) is 6. The van der Waals surface area contributed by atoms with Crippen molar-refractivity contribution in [1.82, 2.24) is 15.0 Å². The van der Waals surface area contributed by atoms with Gasteiger partial charge in [-0.05, 0) is 18.2 Å². The minimum absolute atomic E-state index is 0.345. The lowest BCUT2D eigenvalue weighted by atomic mass is 10.3. The molecule has 3 heterocycles. The Labute approximate surface area is 143 Å². The fourth-order valence-electron chi connectivity index (χ4n) is 2.63. The molecule has 2 aromatic heterocycles. The van der Waals surface area contributed by atoms with Crippen molar-refractivity contribution in [2.45, 2.75) is 6.18 Å². The van der Waals surface area contributed by atoms with E-state index in [0.717, 1.165) is 11.9 Å². The molecule has 0 aromatic carbocycles. The molecule has 9 heteroatoms. The van der Waals surface area contributed by atoms with Crippen LogP contribution in [0.3, 0.4) is 0 Å². The summed E-state index contributed by atoms with van der Waals surface area (Å²) in [6, 6.07) is 5.81. The molecule has 0 radical (unpaired) electrons. The Balaban J connectivity index is 1.69. The first-order valence-electron chi connectivity index (χ1n) is 7.89. The van der Waals surface area contributed by atoms with E-state index in [2.05, 4.69) is 15.0 Å². The van der Waals surface area contributed by atoms with Crippen LogP contribution in [0, 0.1) is 0 Å². The smallest absolute Gasteiger partial charge is 0.363 e. The third-order valence-corrected chi connectivity index (χ3v) is 4.00. The second-order valence-electron chi connectivity index (χ2n) is 5.96. The van der Waals surface area contributed by atoms with Crippen LogP contribution in [0.2, 0.25) is 0 Å². The summed E-state index contributed by atoms with van der Waals surface area (Å²) >= 11 is 0. The third-order valence-electron chi connectivity index (χ3n) is 4.00. The van der Waals surface area contributed by atoms with Crippen LogP contribution >= 0.6 is 0 Å². The summed E-state index contributed by atoms with van der Waals surface area (Å²) in [6.45, 7) is 2.36. The molecule has 3 rings (SSSR count). The summed E-state index contributed by atoms with van der Waals surface area (Å²) in [5, 5.41) is 0. The van der Waals surface area contributed by atoms with Crippen LogP contribution in [0.5, 0.6) is 0 Å². The van der Waals surface area contributed by atoms with E-state index in [1.165, 1.54) is 6.07 Å². The van der Waals surface area contributed by atoms with Gasteiger partial charge in [0, 0.05) is 46.5 Å². The highest BCUT2D eigenvalue weighted by Gasteiger charge is 2.33. The Hall–Kier alpha value is -2.58. The zero-order valence-electron chi connectivity index (χ0n) is 14.0. The van der Waals surface area contributed by atoms with Crippen LogP contribution in [0.25, 0.3) is 0 Å². The number of alkyl halides is 3. The van der Waals surface area contributed by atoms with Gasteiger partial charge in [0.05, 0.1) is 0 Å². The van der Waals surface area contributed by atoms with Gasteiger partial charge in [-0.1, -0.05) is 6.07 Å². The lowest BCUT2D eigenvalue weighted by molar-refractivity contribution is -0.141. The number of anilines is 3. The maximum Gasteiger partial charge on any atom is 0.433 e. The average molecular weight is 352 g/mol. The van der Waals surface area contributed by atoms with E-state index in [0.29, 0.717) is 37.9 Å². The molecule has 0 atom stereocenters. The third kappa shape index (κ3) is 3.92. The molecule has 134 valence electrons. The summed E-state index contributed by atoms with van der Waals surface area (Å²) in [5.41, 5.74) is -0.866. The van der Waals surface area contributed by atoms with Crippen molar-refractivity contribution in [2.75, 3.05) is 55.0 Å². The number of piperazine rings is 1. The van der Waals surface area contributed by atoms with Crippen LogP contribution in [-0.4, -0.2) is 55.2 Å². The predicted molar refractivity (Wildman–Crippen MR) is 90.0 cm³/mol. The Kier molecular flexibility index (Phi) is 4.65. The van der Waals surface area contributed by atoms with Crippen molar-refractivity contribution < 1.29 is 13.2 Å². The van der Waals surface area contributed by atoms with Gasteiger partial charge in [0.25, 0.3) is 0 Å². The van der Waals surface area contributed by atoms with Gasteiger partial charge in [-0.3, -0.25) is 0 Å². The minimum atomic E-state index is -4.43. The Morgan fingerprint density at radius 3 is 2.28 bits per heavy atom. The summed E-state index contributed by atoms with van der Waals surface area (Å²) < 4.78 is 38.4. The number of pyridine rings is 1. The van der Waals surface area contributed by atoms with Crippen LogP contribution in [0.4, 0.5) is 30.8 Å². The zero-order chi connectivity index (χ0) is 18.0. The maximum atomic E-state index is 12.8. The molecule has 2 aromatic rings. The molecular formula is C16H19F3N6. The quantitative estimate of drug-likeness (QED) is 0.845. The SMILES string of the molecule is CN(C)c1ccnc(N2CCN(c3cccc(C(F)(F)F)n3)CC2)n1. The molecule has 0 spiro atoms. The van der Waals surface area contributed by atoms with Crippen LogP contribution in [0.1, 0.15) is 5.69 Å². The fourth-order valence-corrected chi connectivity index (χ4v) is 2.63. The monoisotopic (exact) mass is 352 g/mol. The van der Waals surface area contributed by atoms with E-state index in [1.807, 2.05) is 34.9 Å². The maximum absolute atomic E-state index is 12.8. The van der Waals surface area contributed by atoms with Crippen LogP contribution < -0.4 is 14.7 Å². The molecule has 1 saturated heterocycles. The van der Waals surface area contributed by atoms with Crippen molar-refractivity contribution >= 4 is 17.6 Å². The molecular weight excluding hydrogens is 333 g/mol. The van der Waals surface area contributed by atoms with Gasteiger partial charge >= 0.3 is 6.18 Å². The van der Waals surface area contributed by atoms with E-state index in [9.17, 15) is 13.2 Å². The van der Waals surface area contributed by atoms with Gasteiger partial charge in [0.1, 0.15) is 17.3 Å². The summed E-state index contributed by atoms with van der Waals surface area (Å²) in [5.74, 6) is 1.78. The number of rotatable bonds is 3. The standard InChI is InChI=1S/C16H19F3N6/c1-23(2)13-6-7-20-15(22-13)25-10-8-24(9-11-25)14-5-3-4-12(21-14)16(17,18)19/h3-7H,8-11H2,1-2H3. The van der Waals surface area contributed by atoms with Gasteiger partial charge in [-0.25, -0.2) is 9.97 Å². The van der Waals surface area contributed by atoms with Crippen molar-refractivity contribution in [3.05, 3.63) is 36.2 Å². The summed E-state index contributed by atoms with van der Waals surface area (Å²) in [6.07, 6.45) is -2.73. The molecule has 1 aliphatic rings. The molecule has 0 saturated carbocycles. The second kappa shape index (κ2) is 6.73. The van der Waals surface area contributed by atoms with E-state index in [4.69, 9.17) is 0 Å². The predicted octanol–water partition coefficient (Wildman–Crippen LogP) is 2.28. The first-order chi connectivity index (χ1) is 11.8. The highest BCUT2D eigenvalue weighted by molar-refractivity contribution is 5.46. The highest BCUT2D eigenvalue weighted by Crippen LogP contribution is 2.29. The summed E-state index contributed by atoms with van der Waals surface area (Å²) in [4.78, 5) is 18.3. The first-order valence-corrected chi connectivity index (χ1v) is 7.89. The molecule has 1 aliphatic heterocycles. The molecule has 0 aliphatic carbocycles. The lowest BCUT2D eigenvalue weighted by Gasteiger charge is -2.35. The number of aromatic nitrogens is 3. The molecule has 0 bridgehead atoms. The van der Waals surface area contributed by atoms with Gasteiger partial charge in [-0.2, -0.15) is 18.2 Å². The Morgan fingerprint density at radius 1 is 0.960 bits per heavy atom. The van der Waals surface area contributed by atoms with E-state index < -0.39 is 11.9 Å². The molecule has 6 nitrogen and oxygen atoms in total. The normalized spacial score (nSPS) is 15.4. The van der Waals surface area contributed by atoms with Gasteiger partial charge in [-0.15, -0.1) is 0 Å². The van der Waals surface area contributed by atoms with Crippen LogP contribution in [-0.2, 0) is 6.18 Å². The number of nitrogens with zero attached hydrogens (tertiary/aromatic N) is 6. The lowest BCUT2D eigenvalue weighted by Crippen LogP contribution is -2.47. The van der Waals surface area contributed by atoms with Gasteiger partial charge < -0.3 is 14.7 Å². The molecule has 0 amide bonds. The minimum Gasteiger partial charge on any atom is -0.363 e. The molecule has 25 heavy (non-hydrogen) atoms. The topological polar surface area (TPSA) is 48.4 Å². The van der Waals surface area contributed by atoms with E-state index >= 15 is 0 Å². The Bertz CT molecular complexity index is 726. The molecule has 0 N–H and O–H groups in total. The number of hydrogen-bond donors (Lipinski definition) is 0. The zero-order valence-corrected chi connectivity index (χ0v) is 14.0. The van der Waals surface area contributed by atoms with Gasteiger partial charge in [0.2, 0.25) is 5.95 Å². The summed E-state index contributed by atoms with van der Waals surface area (Å²) in [7, 11) is 3.81. The second-order valence-corrected chi connectivity index (χ2v) is 5.96. The van der Waals surface area contributed by atoms with Gasteiger partial charge in [0.15, 0.2) is 0 Å². The van der Waals surface area contributed by atoms with Crippen LogP contribution in [0.15, 0.2) is 30.5 Å². The number of halogens is 3. The first kappa shape index (κ1) is 17.2. The van der Waals surface area contributed by atoms with Crippen molar-refractivity contribution in [3.8, 4) is 0 Å². The largest absolute Gasteiger partial charge is 0.433 e. The van der Waals surface area contributed by atoms with Crippen molar-refractivity contribution in [1.29, 1.82) is 0 Å². The molecule has 0 unspecified atom stereocenters. The highest BCUT2D eigenvalue weighted by atomic mass is 19.4. The van der Waals surface area contributed by atoms with E-state index in [-0.39, 0.29) is 0 Å². The average Bonchev–Trinajstić information content (AvgIpc) is 2.61.